The Balaban J connectivity index is 1.24. The first-order chi connectivity index (χ1) is 25.2. The largest absolute Gasteiger partial charge is 0.456 e. The molecular weight excluding hydrogens is 627 g/mol. The van der Waals surface area contributed by atoms with E-state index in [0.29, 0.717) is 17.5 Å². The number of aromatic nitrogens is 3. The lowest BCUT2D eigenvalue weighted by Gasteiger charge is -2.13. The number of furan rings is 2. The second kappa shape index (κ2) is 12.9. The van der Waals surface area contributed by atoms with Crippen molar-refractivity contribution in [2.75, 3.05) is 0 Å². The van der Waals surface area contributed by atoms with Crippen LogP contribution in [0.3, 0.4) is 0 Å². The summed E-state index contributed by atoms with van der Waals surface area (Å²) in [4.78, 5) is 15.2. The molecular formula is C46H31N3O2. The van der Waals surface area contributed by atoms with E-state index in [1.807, 2.05) is 84.9 Å². The summed E-state index contributed by atoms with van der Waals surface area (Å²) in [5, 5.41) is 4.25. The molecule has 0 saturated carbocycles. The number of allylic oxidation sites excluding steroid dienone is 5. The van der Waals surface area contributed by atoms with Crippen molar-refractivity contribution in [1.29, 1.82) is 0 Å². The minimum Gasteiger partial charge on any atom is -0.456 e. The van der Waals surface area contributed by atoms with E-state index >= 15 is 0 Å². The van der Waals surface area contributed by atoms with Crippen molar-refractivity contribution in [2.45, 2.75) is 6.42 Å². The van der Waals surface area contributed by atoms with Crippen LogP contribution in [0, 0.1) is 0 Å². The van der Waals surface area contributed by atoms with Crippen LogP contribution in [-0.4, -0.2) is 15.0 Å². The first-order valence-corrected chi connectivity index (χ1v) is 17.0. The third-order valence-corrected chi connectivity index (χ3v) is 9.18. The molecule has 5 heteroatoms. The zero-order valence-corrected chi connectivity index (χ0v) is 27.7. The third-order valence-electron chi connectivity index (χ3n) is 9.18. The molecule has 5 nitrogen and oxygen atoms in total. The van der Waals surface area contributed by atoms with Gasteiger partial charge in [-0.2, -0.15) is 0 Å². The first kappa shape index (κ1) is 30.2. The van der Waals surface area contributed by atoms with Crippen molar-refractivity contribution in [1.82, 2.24) is 15.0 Å². The van der Waals surface area contributed by atoms with Crippen LogP contribution in [-0.2, 0) is 6.42 Å². The van der Waals surface area contributed by atoms with Crippen LogP contribution < -0.4 is 0 Å². The Morgan fingerprint density at radius 1 is 0.510 bits per heavy atom. The maximum atomic E-state index is 6.42. The van der Waals surface area contributed by atoms with E-state index in [0.717, 1.165) is 78.1 Å². The van der Waals surface area contributed by atoms with Gasteiger partial charge in [-0.3, -0.25) is 0 Å². The zero-order chi connectivity index (χ0) is 34.1. The Kier molecular flexibility index (Phi) is 7.63. The number of para-hydroxylation sites is 3. The Morgan fingerprint density at radius 2 is 1.18 bits per heavy atom. The van der Waals surface area contributed by atoms with Gasteiger partial charge < -0.3 is 8.83 Å². The fourth-order valence-corrected chi connectivity index (χ4v) is 6.85. The second-order valence-corrected chi connectivity index (χ2v) is 12.4. The highest BCUT2D eigenvalue weighted by atomic mass is 16.3. The lowest BCUT2D eigenvalue weighted by molar-refractivity contribution is 0.668. The van der Waals surface area contributed by atoms with Gasteiger partial charge >= 0.3 is 0 Å². The zero-order valence-electron chi connectivity index (χ0n) is 27.7. The topological polar surface area (TPSA) is 65.0 Å². The summed E-state index contributed by atoms with van der Waals surface area (Å²) in [6.07, 6.45) is 10.7. The van der Waals surface area contributed by atoms with Crippen LogP contribution in [0.4, 0.5) is 0 Å². The number of hydrogen-bond donors (Lipinski definition) is 0. The maximum Gasteiger partial charge on any atom is 0.167 e. The normalized spacial score (nSPS) is 11.9. The maximum absolute atomic E-state index is 6.42. The fourth-order valence-electron chi connectivity index (χ4n) is 6.85. The molecule has 0 spiro atoms. The van der Waals surface area contributed by atoms with Crippen LogP contribution in [0.15, 0.2) is 179 Å². The Bertz CT molecular complexity index is 2800. The van der Waals surface area contributed by atoms with E-state index in [1.54, 1.807) is 6.08 Å². The lowest BCUT2D eigenvalue weighted by atomic mass is 9.91. The minimum absolute atomic E-state index is 0.551. The van der Waals surface area contributed by atoms with Gasteiger partial charge in [-0.25, -0.2) is 15.0 Å². The molecule has 51 heavy (non-hydrogen) atoms. The summed E-state index contributed by atoms with van der Waals surface area (Å²) in [7, 11) is 0. The number of benzene rings is 6. The predicted octanol–water partition coefficient (Wildman–Crippen LogP) is 12.2. The molecule has 0 amide bonds. The molecule has 0 radical (unpaired) electrons. The Morgan fingerprint density at radius 3 is 2.02 bits per heavy atom. The molecule has 0 N–H and O–H groups in total. The van der Waals surface area contributed by atoms with Crippen LogP contribution in [0.5, 0.6) is 0 Å². The number of rotatable bonds is 8. The quantitative estimate of drug-likeness (QED) is 0.152. The SMILES string of the molecule is C=C/C=C\C=C/Cc1ccc2oc3ccccc3c2c1-c1cccc(-c2nc(-c3ccccc3)nc(-c3cccc4c3oc3ccccc34)n2)c1. The van der Waals surface area contributed by atoms with Crippen molar-refractivity contribution >= 4 is 43.9 Å². The molecule has 0 saturated heterocycles. The molecule has 0 bridgehead atoms. The minimum atomic E-state index is 0.551. The molecule has 9 rings (SSSR count). The van der Waals surface area contributed by atoms with Gasteiger partial charge in [0.15, 0.2) is 17.5 Å². The standard InChI is InChI=1S/C46H31N3O2/c1-2-3-4-5-7-16-30-27-28-40-42(36-22-11-13-26-39(36)50-40)41(30)32-19-14-20-33(29-32)45-47-44(31-17-8-6-9-18-31)48-46(49-45)37-24-15-23-35-34-21-10-12-25-38(34)51-43(35)37/h2-15,17-29H,1,16H2/b4-3-,7-5-. The van der Waals surface area contributed by atoms with Gasteiger partial charge in [-0.1, -0.05) is 140 Å². The summed E-state index contributed by atoms with van der Waals surface area (Å²) < 4.78 is 12.8. The molecule has 0 unspecified atom stereocenters. The van der Waals surface area contributed by atoms with E-state index in [-0.39, 0.29) is 0 Å². The molecule has 0 fully saturated rings. The van der Waals surface area contributed by atoms with Gasteiger partial charge in [-0.05, 0) is 53.4 Å². The monoisotopic (exact) mass is 657 g/mol. The number of fused-ring (bicyclic) bond motifs is 6. The van der Waals surface area contributed by atoms with Crippen molar-refractivity contribution in [3.8, 4) is 45.3 Å². The number of hydrogen-bond acceptors (Lipinski definition) is 5. The summed E-state index contributed by atoms with van der Waals surface area (Å²) in [6.45, 7) is 3.78. The molecule has 0 aliphatic carbocycles. The fraction of sp³-hybridized carbons (Fsp3) is 0.0217. The van der Waals surface area contributed by atoms with Crippen molar-refractivity contribution in [2.24, 2.45) is 0 Å². The average Bonchev–Trinajstić information content (AvgIpc) is 3.76. The summed E-state index contributed by atoms with van der Waals surface area (Å²) in [6, 6.07) is 45.2. The Hall–Kier alpha value is -6.85. The van der Waals surface area contributed by atoms with Crippen molar-refractivity contribution in [3.63, 3.8) is 0 Å². The number of nitrogens with zero attached hydrogens (tertiary/aromatic N) is 3. The van der Waals surface area contributed by atoms with Gasteiger partial charge in [0.1, 0.15) is 22.3 Å². The molecule has 242 valence electrons. The molecule has 9 aromatic rings. The van der Waals surface area contributed by atoms with Crippen LogP contribution in [0.2, 0.25) is 0 Å². The highest BCUT2D eigenvalue weighted by Crippen LogP contribution is 2.41. The molecule has 0 aliphatic heterocycles. The van der Waals surface area contributed by atoms with E-state index in [9.17, 15) is 0 Å². The summed E-state index contributed by atoms with van der Waals surface area (Å²) >= 11 is 0. The van der Waals surface area contributed by atoms with Crippen molar-refractivity contribution < 1.29 is 8.83 Å². The van der Waals surface area contributed by atoms with E-state index < -0.39 is 0 Å². The van der Waals surface area contributed by atoms with Gasteiger partial charge in [0, 0.05) is 32.7 Å². The summed E-state index contributed by atoms with van der Waals surface area (Å²) in [5.74, 6) is 1.72. The highest BCUT2D eigenvalue weighted by molar-refractivity contribution is 6.13. The van der Waals surface area contributed by atoms with E-state index in [1.165, 1.54) is 5.56 Å². The van der Waals surface area contributed by atoms with Gasteiger partial charge in [-0.15, -0.1) is 0 Å². The molecule has 6 aromatic carbocycles. The van der Waals surface area contributed by atoms with Gasteiger partial charge in [0.2, 0.25) is 0 Å². The smallest absolute Gasteiger partial charge is 0.167 e. The van der Waals surface area contributed by atoms with Crippen molar-refractivity contribution in [3.05, 3.63) is 176 Å². The third kappa shape index (κ3) is 5.51. The van der Waals surface area contributed by atoms with E-state index in [4.69, 9.17) is 23.8 Å². The van der Waals surface area contributed by atoms with Crippen LogP contribution in [0.1, 0.15) is 5.56 Å². The first-order valence-electron chi connectivity index (χ1n) is 17.0. The Labute approximate surface area is 294 Å². The molecule has 0 atom stereocenters. The van der Waals surface area contributed by atoms with Gasteiger partial charge in [0.25, 0.3) is 0 Å². The summed E-state index contributed by atoms with van der Waals surface area (Å²) in [5.41, 5.74) is 9.26. The molecule has 0 aliphatic rings. The lowest BCUT2D eigenvalue weighted by Crippen LogP contribution is -2.00. The molecule has 3 aromatic heterocycles. The average molecular weight is 658 g/mol. The predicted molar refractivity (Wildman–Crippen MR) is 208 cm³/mol. The highest BCUT2D eigenvalue weighted by Gasteiger charge is 2.20. The van der Waals surface area contributed by atoms with Crippen LogP contribution in [0.25, 0.3) is 89.2 Å². The molecule has 3 heterocycles. The van der Waals surface area contributed by atoms with E-state index in [2.05, 4.69) is 79.4 Å². The van der Waals surface area contributed by atoms with Crippen LogP contribution >= 0.6 is 0 Å². The second-order valence-electron chi connectivity index (χ2n) is 12.4. The van der Waals surface area contributed by atoms with Gasteiger partial charge in [0.05, 0.1) is 5.56 Å².